The predicted octanol–water partition coefficient (Wildman–Crippen LogP) is 2.27. The largest absolute Gasteiger partial charge is 0.481 e. The van der Waals surface area contributed by atoms with Crippen LogP contribution in [0.5, 0.6) is 0 Å². The molecular formula is C12H17NO3S. The number of carboxylic acids is 1. The first-order valence-corrected chi connectivity index (χ1v) is 6.37. The summed E-state index contributed by atoms with van der Waals surface area (Å²) in [5, 5.41) is 10.5. The topological polar surface area (TPSA) is 57.6 Å². The number of aryl methyl sites for hydroxylation is 1. The van der Waals surface area contributed by atoms with Crippen molar-refractivity contribution >= 4 is 23.2 Å². The number of carbonyl (C=O) groups excluding carboxylic acids is 1. The number of rotatable bonds is 6. The molecule has 17 heavy (non-hydrogen) atoms. The number of nitrogens with zero attached hydrogens (tertiary/aromatic N) is 1. The maximum atomic E-state index is 11.7. The lowest BCUT2D eigenvalue weighted by molar-refractivity contribution is -0.137. The Kier molecular flexibility index (Phi) is 5.15. The fraction of sp³-hybridized carbons (Fsp3) is 0.500. The number of carboxylic acid groups (broad SMARTS) is 1. The molecule has 0 saturated carbocycles. The Hall–Kier alpha value is -1.36. The second kappa shape index (κ2) is 6.39. The summed E-state index contributed by atoms with van der Waals surface area (Å²) in [6.45, 7) is 2.63. The smallest absolute Gasteiger partial charge is 0.303 e. The molecule has 0 bridgehead atoms. The Labute approximate surface area is 105 Å². The molecule has 1 N–H and O–H groups in total. The molecule has 0 aliphatic rings. The molecule has 5 heteroatoms. The molecule has 0 radical (unpaired) electrons. The third kappa shape index (κ3) is 4.56. The van der Waals surface area contributed by atoms with Crippen molar-refractivity contribution in [2.45, 2.75) is 32.7 Å². The summed E-state index contributed by atoms with van der Waals surface area (Å²) in [6.07, 6.45) is 0.757. The first kappa shape index (κ1) is 13.7. The van der Waals surface area contributed by atoms with Gasteiger partial charge in [0.1, 0.15) is 0 Å². The summed E-state index contributed by atoms with van der Waals surface area (Å²) in [6, 6.07) is 2.03. The standard InChI is InChI=1S/C12H17NO3S/c1-9-6-7-17-10(9)8-13(2)11(14)4-3-5-12(15)16/h6-7H,3-5,8H2,1-2H3,(H,15,16). The van der Waals surface area contributed by atoms with Crippen LogP contribution in [0.3, 0.4) is 0 Å². The molecule has 0 fully saturated rings. The molecular weight excluding hydrogens is 238 g/mol. The highest BCUT2D eigenvalue weighted by Gasteiger charge is 2.11. The van der Waals surface area contributed by atoms with Gasteiger partial charge in [0.05, 0.1) is 6.54 Å². The van der Waals surface area contributed by atoms with Crippen LogP contribution in [0.15, 0.2) is 11.4 Å². The highest BCUT2D eigenvalue weighted by Crippen LogP contribution is 2.17. The molecule has 1 amide bonds. The summed E-state index contributed by atoms with van der Waals surface area (Å²) in [5.74, 6) is -0.853. The summed E-state index contributed by atoms with van der Waals surface area (Å²) < 4.78 is 0. The molecule has 0 aliphatic carbocycles. The molecule has 1 aromatic heterocycles. The summed E-state index contributed by atoms with van der Waals surface area (Å²) in [7, 11) is 1.75. The predicted molar refractivity (Wildman–Crippen MR) is 67.0 cm³/mol. The van der Waals surface area contributed by atoms with Crippen LogP contribution in [-0.2, 0) is 16.1 Å². The molecule has 0 spiro atoms. The van der Waals surface area contributed by atoms with Crippen LogP contribution in [-0.4, -0.2) is 28.9 Å². The van der Waals surface area contributed by atoms with E-state index in [1.165, 1.54) is 10.4 Å². The SMILES string of the molecule is Cc1ccsc1CN(C)C(=O)CCCC(=O)O. The number of carbonyl (C=O) groups is 2. The van der Waals surface area contributed by atoms with Crippen LogP contribution >= 0.6 is 11.3 Å². The van der Waals surface area contributed by atoms with Crippen LogP contribution in [0.1, 0.15) is 29.7 Å². The fourth-order valence-electron chi connectivity index (χ4n) is 1.45. The molecule has 94 valence electrons. The first-order valence-electron chi connectivity index (χ1n) is 5.49. The minimum absolute atomic E-state index is 0.000880. The maximum absolute atomic E-state index is 11.7. The number of amides is 1. The number of thiophene rings is 1. The van der Waals surface area contributed by atoms with Gasteiger partial charge in [-0.15, -0.1) is 11.3 Å². The Morgan fingerprint density at radius 1 is 1.41 bits per heavy atom. The minimum Gasteiger partial charge on any atom is -0.481 e. The van der Waals surface area contributed by atoms with Crippen molar-refractivity contribution < 1.29 is 14.7 Å². The van der Waals surface area contributed by atoms with Crippen LogP contribution < -0.4 is 0 Å². The molecule has 0 atom stereocenters. The van der Waals surface area contributed by atoms with E-state index in [0.717, 1.165) is 0 Å². The molecule has 4 nitrogen and oxygen atoms in total. The normalized spacial score (nSPS) is 10.2. The van der Waals surface area contributed by atoms with Crippen molar-refractivity contribution in [1.29, 1.82) is 0 Å². The van der Waals surface area contributed by atoms with Crippen molar-refractivity contribution in [2.75, 3.05) is 7.05 Å². The number of hydrogen-bond acceptors (Lipinski definition) is 3. The summed E-state index contributed by atoms with van der Waals surface area (Å²) in [5.41, 5.74) is 1.19. The molecule has 1 rings (SSSR count). The minimum atomic E-state index is -0.852. The van der Waals surface area contributed by atoms with Gasteiger partial charge in [-0.3, -0.25) is 9.59 Å². The Bertz CT molecular complexity index is 400. The van der Waals surface area contributed by atoms with E-state index in [9.17, 15) is 9.59 Å². The number of aliphatic carboxylic acids is 1. The second-order valence-electron chi connectivity index (χ2n) is 4.02. The van der Waals surface area contributed by atoms with Crippen LogP contribution in [0.2, 0.25) is 0 Å². The van der Waals surface area contributed by atoms with Gasteiger partial charge in [0.25, 0.3) is 0 Å². The molecule has 0 aromatic carbocycles. The lowest BCUT2D eigenvalue weighted by atomic mass is 10.2. The van der Waals surface area contributed by atoms with E-state index in [1.54, 1.807) is 23.3 Å². The third-order valence-electron chi connectivity index (χ3n) is 2.56. The van der Waals surface area contributed by atoms with E-state index in [-0.39, 0.29) is 12.3 Å². The first-order chi connectivity index (χ1) is 8.00. The Morgan fingerprint density at radius 3 is 2.65 bits per heavy atom. The Balaban J connectivity index is 2.37. The van der Waals surface area contributed by atoms with Gasteiger partial charge in [0.2, 0.25) is 5.91 Å². The highest BCUT2D eigenvalue weighted by molar-refractivity contribution is 7.10. The molecule has 0 unspecified atom stereocenters. The van der Waals surface area contributed by atoms with Gasteiger partial charge < -0.3 is 10.0 Å². The van der Waals surface area contributed by atoms with E-state index < -0.39 is 5.97 Å². The van der Waals surface area contributed by atoms with Crippen LogP contribution in [0.25, 0.3) is 0 Å². The van der Waals surface area contributed by atoms with Crippen LogP contribution in [0, 0.1) is 6.92 Å². The molecule has 0 aliphatic heterocycles. The average Bonchev–Trinajstić information content (AvgIpc) is 2.63. The monoisotopic (exact) mass is 255 g/mol. The fourth-order valence-corrected chi connectivity index (χ4v) is 2.41. The van der Waals surface area contributed by atoms with Gasteiger partial charge in [-0.2, -0.15) is 0 Å². The molecule has 1 aromatic rings. The van der Waals surface area contributed by atoms with Crippen molar-refractivity contribution in [3.63, 3.8) is 0 Å². The number of hydrogen-bond donors (Lipinski definition) is 1. The van der Waals surface area contributed by atoms with E-state index in [4.69, 9.17) is 5.11 Å². The summed E-state index contributed by atoms with van der Waals surface area (Å²) >= 11 is 1.64. The Morgan fingerprint density at radius 2 is 2.12 bits per heavy atom. The molecule has 1 heterocycles. The van der Waals surface area contributed by atoms with Crippen molar-refractivity contribution in [1.82, 2.24) is 4.90 Å². The van der Waals surface area contributed by atoms with Gasteiger partial charge in [-0.05, 0) is 30.4 Å². The average molecular weight is 255 g/mol. The van der Waals surface area contributed by atoms with Crippen molar-refractivity contribution in [3.05, 3.63) is 21.9 Å². The van der Waals surface area contributed by atoms with Gasteiger partial charge in [-0.25, -0.2) is 0 Å². The molecule has 0 saturated heterocycles. The van der Waals surface area contributed by atoms with E-state index in [2.05, 4.69) is 0 Å². The summed E-state index contributed by atoms with van der Waals surface area (Å²) in [4.78, 5) is 24.9. The van der Waals surface area contributed by atoms with Crippen molar-refractivity contribution in [2.24, 2.45) is 0 Å². The van der Waals surface area contributed by atoms with Crippen LogP contribution in [0.4, 0.5) is 0 Å². The second-order valence-corrected chi connectivity index (χ2v) is 5.02. The zero-order valence-corrected chi connectivity index (χ0v) is 10.9. The zero-order valence-electron chi connectivity index (χ0n) is 10.1. The van der Waals surface area contributed by atoms with Gasteiger partial charge >= 0.3 is 5.97 Å². The van der Waals surface area contributed by atoms with E-state index >= 15 is 0 Å². The van der Waals surface area contributed by atoms with Crippen molar-refractivity contribution in [3.8, 4) is 0 Å². The lowest BCUT2D eigenvalue weighted by Crippen LogP contribution is -2.25. The van der Waals surface area contributed by atoms with Gasteiger partial charge in [-0.1, -0.05) is 0 Å². The van der Waals surface area contributed by atoms with Gasteiger partial charge in [0.15, 0.2) is 0 Å². The highest BCUT2D eigenvalue weighted by atomic mass is 32.1. The van der Waals surface area contributed by atoms with E-state index in [1.807, 2.05) is 18.4 Å². The lowest BCUT2D eigenvalue weighted by Gasteiger charge is -2.16. The quantitative estimate of drug-likeness (QED) is 0.848. The zero-order chi connectivity index (χ0) is 12.8. The van der Waals surface area contributed by atoms with E-state index in [0.29, 0.717) is 19.4 Å². The third-order valence-corrected chi connectivity index (χ3v) is 3.56. The van der Waals surface area contributed by atoms with Gasteiger partial charge in [0, 0.05) is 24.8 Å². The maximum Gasteiger partial charge on any atom is 0.303 e.